The smallest absolute Gasteiger partial charge is 0.150 e. The average Bonchev–Trinajstić information content (AvgIpc) is 2.49. The molecular formula is C21H33F2N3. The molecule has 0 spiro atoms. The van der Waals surface area contributed by atoms with Crippen LogP contribution in [-0.2, 0) is 0 Å². The van der Waals surface area contributed by atoms with E-state index in [1.54, 1.807) is 6.21 Å². The Morgan fingerprint density at radius 2 is 1.62 bits per heavy atom. The third-order valence-electron chi connectivity index (χ3n) is 4.82. The monoisotopic (exact) mass is 365 g/mol. The lowest BCUT2D eigenvalue weighted by atomic mass is 9.92. The molecule has 146 valence electrons. The van der Waals surface area contributed by atoms with Crippen LogP contribution < -0.4 is 4.90 Å². The van der Waals surface area contributed by atoms with Crippen LogP contribution in [0.1, 0.15) is 53.5 Å². The maximum Gasteiger partial charge on any atom is 0.150 e. The van der Waals surface area contributed by atoms with Gasteiger partial charge in [0, 0.05) is 56.1 Å². The van der Waals surface area contributed by atoms with Crippen molar-refractivity contribution in [1.29, 1.82) is 0 Å². The van der Waals surface area contributed by atoms with Crippen molar-refractivity contribution in [3.8, 4) is 0 Å². The molecule has 3 nitrogen and oxygen atoms in total. The number of anilines is 1. The van der Waals surface area contributed by atoms with Crippen LogP contribution in [0.3, 0.4) is 0 Å². The topological polar surface area (TPSA) is 18.8 Å². The van der Waals surface area contributed by atoms with Crippen LogP contribution in [0.5, 0.6) is 0 Å². The van der Waals surface area contributed by atoms with E-state index in [2.05, 4.69) is 51.4 Å². The van der Waals surface area contributed by atoms with Gasteiger partial charge in [-0.15, -0.1) is 0 Å². The molecule has 1 aliphatic rings. The van der Waals surface area contributed by atoms with Gasteiger partial charge in [0.25, 0.3) is 0 Å². The SMILES string of the molecule is CC(C)(C)CCN=Cc1cc(F)cc(F)c1N1CCN(C(C)(C)C)CC1. The standard InChI is InChI=1S/C21H33F2N3/c1-20(2,3)7-8-24-15-16-13-17(22)14-18(23)19(16)25-9-11-26(12-10-25)21(4,5)6/h13-15H,7-12H2,1-6H3. The third-order valence-corrected chi connectivity index (χ3v) is 4.82. The van der Waals surface area contributed by atoms with Crippen LogP contribution in [0, 0.1) is 17.0 Å². The van der Waals surface area contributed by atoms with Gasteiger partial charge in [-0.05, 0) is 38.7 Å². The number of hydrogen-bond donors (Lipinski definition) is 0. The van der Waals surface area contributed by atoms with Gasteiger partial charge in [-0.3, -0.25) is 9.89 Å². The second kappa shape index (κ2) is 8.03. The number of benzene rings is 1. The van der Waals surface area contributed by atoms with Gasteiger partial charge in [-0.2, -0.15) is 0 Å². The van der Waals surface area contributed by atoms with Crippen molar-refractivity contribution in [2.45, 2.75) is 53.5 Å². The van der Waals surface area contributed by atoms with Crippen LogP contribution in [0.4, 0.5) is 14.5 Å². The Hall–Kier alpha value is -1.49. The molecule has 5 heteroatoms. The summed E-state index contributed by atoms with van der Waals surface area (Å²) < 4.78 is 28.3. The quantitative estimate of drug-likeness (QED) is 0.718. The fraction of sp³-hybridized carbons (Fsp3) is 0.667. The van der Waals surface area contributed by atoms with E-state index < -0.39 is 11.6 Å². The van der Waals surface area contributed by atoms with E-state index in [9.17, 15) is 8.78 Å². The Balaban J connectivity index is 2.17. The highest BCUT2D eigenvalue weighted by atomic mass is 19.1. The fourth-order valence-electron chi connectivity index (χ4n) is 3.18. The summed E-state index contributed by atoms with van der Waals surface area (Å²) >= 11 is 0. The first-order chi connectivity index (χ1) is 12.0. The number of hydrogen-bond acceptors (Lipinski definition) is 3. The van der Waals surface area contributed by atoms with Gasteiger partial charge in [0.15, 0.2) is 0 Å². The first-order valence-electron chi connectivity index (χ1n) is 9.46. The van der Waals surface area contributed by atoms with Crippen molar-refractivity contribution in [2.24, 2.45) is 10.4 Å². The molecule has 1 aromatic carbocycles. The summed E-state index contributed by atoms with van der Waals surface area (Å²) in [5.41, 5.74) is 1.29. The number of piperazine rings is 1. The van der Waals surface area contributed by atoms with E-state index in [-0.39, 0.29) is 11.0 Å². The molecule has 0 aromatic heterocycles. The molecule has 0 unspecified atom stereocenters. The third kappa shape index (κ3) is 5.76. The zero-order chi connectivity index (χ0) is 19.5. The lowest BCUT2D eigenvalue weighted by Gasteiger charge is -2.43. The average molecular weight is 366 g/mol. The van der Waals surface area contributed by atoms with E-state index in [0.29, 0.717) is 17.8 Å². The summed E-state index contributed by atoms with van der Waals surface area (Å²) in [6, 6.07) is 2.35. The van der Waals surface area contributed by atoms with Crippen molar-refractivity contribution in [1.82, 2.24) is 4.90 Å². The number of halogens is 2. The first-order valence-corrected chi connectivity index (χ1v) is 9.46. The van der Waals surface area contributed by atoms with Crippen LogP contribution in [0.2, 0.25) is 0 Å². The lowest BCUT2D eigenvalue weighted by molar-refractivity contribution is 0.128. The minimum absolute atomic E-state index is 0.102. The predicted octanol–water partition coefficient (Wildman–Crippen LogP) is 4.74. The van der Waals surface area contributed by atoms with E-state index in [1.165, 1.54) is 6.07 Å². The minimum atomic E-state index is -0.558. The van der Waals surface area contributed by atoms with Gasteiger partial charge in [0.2, 0.25) is 0 Å². The molecule has 1 aromatic rings. The van der Waals surface area contributed by atoms with Gasteiger partial charge < -0.3 is 4.90 Å². The lowest BCUT2D eigenvalue weighted by Crippen LogP contribution is -2.53. The molecule has 0 aliphatic carbocycles. The molecule has 1 fully saturated rings. The Labute approximate surface area is 157 Å². The maximum atomic E-state index is 14.6. The van der Waals surface area contributed by atoms with Crippen LogP contribution in [-0.4, -0.2) is 49.4 Å². The Kier molecular flexibility index (Phi) is 6.43. The second-order valence-corrected chi connectivity index (χ2v) is 9.32. The number of nitrogens with zero attached hydrogens (tertiary/aromatic N) is 3. The summed E-state index contributed by atoms with van der Waals surface area (Å²) in [5, 5.41) is 0. The van der Waals surface area contributed by atoms with Crippen molar-refractivity contribution < 1.29 is 8.78 Å². The highest BCUT2D eigenvalue weighted by Gasteiger charge is 2.28. The summed E-state index contributed by atoms with van der Waals surface area (Å²) in [6.45, 7) is 16.9. The van der Waals surface area contributed by atoms with Crippen molar-refractivity contribution in [3.63, 3.8) is 0 Å². The van der Waals surface area contributed by atoms with Gasteiger partial charge in [-0.25, -0.2) is 8.78 Å². The van der Waals surface area contributed by atoms with Crippen molar-refractivity contribution >= 4 is 11.9 Å². The van der Waals surface area contributed by atoms with Crippen molar-refractivity contribution in [3.05, 3.63) is 29.3 Å². The first kappa shape index (κ1) is 20.8. The molecule has 0 saturated carbocycles. The highest BCUT2D eigenvalue weighted by molar-refractivity contribution is 5.88. The van der Waals surface area contributed by atoms with Crippen LogP contribution >= 0.6 is 0 Å². The van der Waals surface area contributed by atoms with Gasteiger partial charge in [0.05, 0.1) is 5.69 Å². The van der Waals surface area contributed by atoms with Crippen LogP contribution in [0.15, 0.2) is 17.1 Å². The molecule has 0 amide bonds. The Morgan fingerprint density at radius 3 is 2.15 bits per heavy atom. The minimum Gasteiger partial charge on any atom is -0.366 e. The van der Waals surface area contributed by atoms with Gasteiger partial charge in [0.1, 0.15) is 11.6 Å². The summed E-state index contributed by atoms with van der Waals surface area (Å²) in [5.74, 6) is -1.07. The predicted molar refractivity (Wildman–Crippen MR) is 106 cm³/mol. The molecule has 0 atom stereocenters. The molecule has 2 rings (SSSR count). The maximum absolute atomic E-state index is 14.6. The van der Waals surface area contributed by atoms with E-state index in [0.717, 1.165) is 38.7 Å². The summed E-state index contributed by atoms with van der Waals surface area (Å²) in [4.78, 5) is 8.83. The molecular weight excluding hydrogens is 332 g/mol. The molecule has 1 saturated heterocycles. The zero-order valence-corrected chi connectivity index (χ0v) is 17.1. The molecule has 26 heavy (non-hydrogen) atoms. The van der Waals surface area contributed by atoms with E-state index in [4.69, 9.17) is 0 Å². The Bertz CT molecular complexity index is 634. The highest BCUT2D eigenvalue weighted by Crippen LogP contribution is 2.27. The fourth-order valence-corrected chi connectivity index (χ4v) is 3.18. The Morgan fingerprint density at radius 1 is 1.00 bits per heavy atom. The van der Waals surface area contributed by atoms with Crippen molar-refractivity contribution in [2.75, 3.05) is 37.6 Å². The second-order valence-electron chi connectivity index (χ2n) is 9.32. The normalized spacial score (nSPS) is 17.3. The molecule has 0 N–H and O–H groups in total. The number of rotatable bonds is 4. The summed E-state index contributed by atoms with van der Waals surface area (Å²) in [7, 11) is 0. The van der Waals surface area contributed by atoms with Gasteiger partial charge >= 0.3 is 0 Å². The molecule has 0 radical (unpaired) electrons. The van der Waals surface area contributed by atoms with E-state index >= 15 is 0 Å². The summed E-state index contributed by atoms with van der Waals surface area (Å²) in [6.07, 6.45) is 2.56. The van der Waals surface area contributed by atoms with Gasteiger partial charge in [-0.1, -0.05) is 20.8 Å². The van der Waals surface area contributed by atoms with Crippen LogP contribution in [0.25, 0.3) is 0 Å². The zero-order valence-electron chi connectivity index (χ0n) is 17.1. The molecule has 1 aliphatic heterocycles. The molecule has 1 heterocycles. The number of aliphatic imine (C=N–C) groups is 1. The van der Waals surface area contributed by atoms with E-state index in [1.807, 2.05) is 4.90 Å². The largest absolute Gasteiger partial charge is 0.366 e. The molecule has 0 bridgehead atoms.